The van der Waals surface area contributed by atoms with Crippen molar-refractivity contribution in [2.75, 3.05) is 0 Å². The smallest absolute Gasteiger partial charge is 0.0372 e. The number of fused-ring (bicyclic) bond motifs is 8. The first-order valence-corrected chi connectivity index (χ1v) is 52.8. The van der Waals surface area contributed by atoms with Gasteiger partial charge in [0.05, 0.1) is 0 Å². The van der Waals surface area contributed by atoms with E-state index in [4.69, 9.17) is 0 Å². The van der Waals surface area contributed by atoms with Gasteiger partial charge in [0, 0.05) is 36.2 Å². The molecule has 0 bridgehead atoms. The normalized spacial score (nSPS) is 11.0. The maximum atomic E-state index is 4.08. The molecule has 3 heterocycles. The molecule has 0 spiro atoms. The highest BCUT2D eigenvalue weighted by Crippen LogP contribution is 2.30. The van der Waals surface area contributed by atoms with E-state index < -0.39 is 0 Å². The van der Waals surface area contributed by atoms with Crippen molar-refractivity contribution in [3.63, 3.8) is 0 Å². The van der Waals surface area contributed by atoms with E-state index >= 15 is 0 Å². The zero-order valence-corrected chi connectivity index (χ0v) is 95.6. The molecule has 0 N–H and O–H groups in total. The molecule has 150 heavy (non-hydrogen) atoms. The topological polar surface area (TPSA) is 38.7 Å². The summed E-state index contributed by atoms with van der Waals surface area (Å²) in [5.41, 5.74) is 40.1. The summed E-state index contributed by atoms with van der Waals surface area (Å²) in [4.78, 5) is 12.1. The summed E-state index contributed by atoms with van der Waals surface area (Å²) in [7, 11) is 0. The third-order valence-corrected chi connectivity index (χ3v) is 27.1. The zero-order valence-electron chi connectivity index (χ0n) is 95.6. The fourth-order valence-electron chi connectivity index (χ4n) is 16.3. The van der Waals surface area contributed by atoms with Crippen molar-refractivity contribution < 1.29 is 0 Å². The molecule has 0 unspecified atom stereocenters. The SMILES string of the molecule is CC1=C(C)CC=C1.CC1=CC=C(C)C1.Cc1cc2cc3ccccc3cc2cc1C.Cc1cc2ccccc2cc1C.Cc1ccc(C)c2ccccc12.Cc1ccc(C)cc1.Cc1ccc(C)cc1.Cc1ccc(C)nc1.Cc1ccc(C)nc1.Cc1ccc2cc(C)ccc2c1.Cc1ccc2cc3cc(C)ccc3cc2c1.Cc1ccc2ccccc2c1C.Cc1ccccc1C.Cc1ccccc1C.Cc1ccncc1C. The van der Waals surface area contributed by atoms with Crippen LogP contribution in [0.3, 0.4) is 0 Å². The molecule has 2 aliphatic carbocycles. The van der Waals surface area contributed by atoms with Crippen LogP contribution in [0.5, 0.6) is 0 Å². The Morgan fingerprint density at radius 3 is 0.727 bits per heavy atom. The standard InChI is InChI=1S/2C16H14.4C12H12.4C8H10.3C7H9N.2C7H10/c1-11-3-5-13-10-16-8-12(2)4-6-14(16)9-15(13)7-11;1-11-7-15-9-13-5-3-4-6-14(13)10-16(15)8-12(11)2;1-9-3-5-12-8-10(2)4-6-11(12)7-9;1-9-7-11-5-3-4-6-12(11)8-10(9)2;1-9-7-8-11-5-3-4-6-12(11)10(9)2;1-9-7-8-10(2)12-6-4-3-5-11(9)12;2*1-7-3-5-8(2)6-4-7;2*1-7-5-3-4-6-8(7)2;1-6-3-4-8-5-7(6)2;2*1-6-3-4-7(2)8-5-6;1-6-3-4-7(2)5-6;1-6-4-3-5-7(6)2/h2*3-10H,1-2H3;4*3-8H,1-2H3;4*3-6H,1-2H3;3*3-5H,1-2H3;2*3-4H,5H2,1-2H3. The van der Waals surface area contributed by atoms with E-state index in [0.29, 0.717) is 0 Å². The van der Waals surface area contributed by atoms with Crippen LogP contribution in [0, 0.1) is 180 Å². The number of aryl methyl sites for hydroxylation is 26. The van der Waals surface area contributed by atoms with Crippen LogP contribution in [-0.2, 0) is 0 Å². The van der Waals surface area contributed by atoms with E-state index in [1.165, 1.54) is 255 Å². The molecule has 3 aromatic heterocycles. The minimum Gasteiger partial charge on any atom is -0.264 e. The molecule has 0 radical (unpaired) electrons. The fourth-order valence-corrected chi connectivity index (χ4v) is 16.3. The summed E-state index contributed by atoms with van der Waals surface area (Å²) in [6.07, 6.45) is 18.5. The van der Waals surface area contributed by atoms with Crippen molar-refractivity contribution in [1.82, 2.24) is 15.0 Å². The van der Waals surface area contributed by atoms with Crippen LogP contribution in [-0.4, -0.2) is 15.0 Å². The number of allylic oxidation sites excluding steroid dienone is 8. The van der Waals surface area contributed by atoms with Crippen LogP contribution in [0.4, 0.5) is 0 Å². The molecular weight excluding hydrogens is 1810 g/mol. The first-order chi connectivity index (χ1) is 71.7. The highest BCUT2D eigenvalue weighted by Gasteiger charge is 2.06. The second kappa shape index (κ2) is 60.7. The predicted octanol–water partition coefficient (Wildman–Crippen LogP) is 41.9. The summed E-state index contributed by atoms with van der Waals surface area (Å²) in [6.45, 7) is 63.5. The van der Waals surface area contributed by atoms with Crippen molar-refractivity contribution in [2.45, 2.75) is 221 Å². The molecule has 0 saturated carbocycles. The molecule has 3 nitrogen and oxygen atoms in total. The summed E-state index contributed by atoms with van der Waals surface area (Å²) in [6, 6.07) is 131. The summed E-state index contributed by atoms with van der Waals surface area (Å²) in [5.74, 6) is 0. The Labute approximate surface area is 901 Å². The summed E-state index contributed by atoms with van der Waals surface area (Å²) in [5, 5.41) is 21.4. The first-order valence-electron chi connectivity index (χ1n) is 52.8. The van der Waals surface area contributed by atoms with Crippen molar-refractivity contribution in [1.29, 1.82) is 0 Å². The quantitative estimate of drug-likeness (QED) is 0.142. The maximum Gasteiger partial charge on any atom is 0.0372 e. The van der Waals surface area contributed by atoms with E-state index in [2.05, 4.69) is 571 Å². The van der Waals surface area contributed by atoms with Crippen molar-refractivity contribution in [3.8, 4) is 0 Å². The van der Waals surface area contributed by atoms with E-state index in [9.17, 15) is 0 Å². The van der Waals surface area contributed by atoms with Crippen LogP contribution in [0.2, 0.25) is 0 Å². The minimum absolute atomic E-state index is 1.08. The van der Waals surface area contributed by atoms with Gasteiger partial charge in [0.1, 0.15) is 0 Å². The van der Waals surface area contributed by atoms with E-state index in [0.717, 1.165) is 11.4 Å². The molecule has 0 atom stereocenters. The Balaban J connectivity index is 0.000000180. The van der Waals surface area contributed by atoms with Gasteiger partial charge in [0.25, 0.3) is 0 Å². The monoisotopic (exact) mass is 1970 g/mol. The van der Waals surface area contributed by atoms with E-state index in [-0.39, 0.29) is 0 Å². The Bertz CT molecular complexity index is 7330. The molecule has 21 aromatic rings. The fraction of sp³-hybridized carbons (Fsp3) is 0.218. The third kappa shape index (κ3) is 40.3. The van der Waals surface area contributed by atoms with Crippen LogP contribution < -0.4 is 0 Å². The van der Waals surface area contributed by atoms with Crippen LogP contribution in [0.1, 0.15) is 185 Å². The highest BCUT2D eigenvalue weighted by atomic mass is 14.7. The lowest BCUT2D eigenvalue weighted by atomic mass is 9.99. The molecule has 0 saturated heterocycles. The van der Waals surface area contributed by atoms with Gasteiger partial charge in [0.15, 0.2) is 0 Å². The van der Waals surface area contributed by atoms with Gasteiger partial charge in [0.2, 0.25) is 0 Å². The molecule has 0 fully saturated rings. The molecule has 2 aliphatic rings. The lowest BCUT2D eigenvalue weighted by Gasteiger charge is -2.06. The van der Waals surface area contributed by atoms with Gasteiger partial charge in [-0.2, -0.15) is 0 Å². The number of nitrogens with zero attached hydrogens (tertiary/aromatic N) is 3. The lowest BCUT2D eigenvalue weighted by molar-refractivity contribution is 1.15. The first kappa shape index (κ1) is 118. The number of pyridine rings is 3. The maximum absolute atomic E-state index is 4.08. The van der Waals surface area contributed by atoms with Crippen LogP contribution in [0.15, 0.2) is 441 Å². The van der Waals surface area contributed by atoms with E-state index in [1.54, 1.807) is 0 Å². The summed E-state index contributed by atoms with van der Waals surface area (Å²) >= 11 is 0. The Hall–Kier alpha value is -15.6. The molecule has 3 heteroatoms. The Kier molecular flexibility index (Phi) is 47.7. The molecule has 0 aliphatic heterocycles. The van der Waals surface area contributed by atoms with Gasteiger partial charge in [-0.15, -0.1) is 0 Å². The number of rotatable bonds is 0. The molecule has 766 valence electrons. The Morgan fingerprint density at radius 1 is 0.180 bits per heavy atom. The van der Waals surface area contributed by atoms with Gasteiger partial charge in [-0.25, -0.2) is 0 Å². The largest absolute Gasteiger partial charge is 0.264 e. The van der Waals surface area contributed by atoms with Crippen molar-refractivity contribution in [2.24, 2.45) is 0 Å². The number of aromatic nitrogens is 3. The van der Waals surface area contributed by atoms with E-state index in [1.807, 2.05) is 70.7 Å². The van der Waals surface area contributed by atoms with Gasteiger partial charge in [-0.1, -0.05) is 419 Å². The van der Waals surface area contributed by atoms with Crippen molar-refractivity contribution >= 4 is 86.2 Å². The van der Waals surface area contributed by atoms with Gasteiger partial charge in [-0.3, -0.25) is 15.0 Å². The average molecular weight is 1970 g/mol. The van der Waals surface area contributed by atoms with Crippen LogP contribution >= 0.6 is 0 Å². The number of hydrogen-bond acceptors (Lipinski definition) is 3. The van der Waals surface area contributed by atoms with Gasteiger partial charge < -0.3 is 0 Å². The van der Waals surface area contributed by atoms with Crippen LogP contribution in [0.25, 0.3) is 86.2 Å². The minimum atomic E-state index is 1.08. The van der Waals surface area contributed by atoms with Gasteiger partial charge in [-0.05, 0) is 438 Å². The van der Waals surface area contributed by atoms with Crippen molar-refractivity contribution in [3.05, 3.63) is 586 Å². The zero-order chi connectivity index (χ0) is 109. The number of hydrogen-bond donors (Lipinski definition) is 0. The average Bonchev–Trinajstić information content (AvgIpc) is 0.881. The molecule has 0 amide bonds. The van der Waals surface area contributed by atoms with Gasteiger partial charge >= 0.3 is 0 Å². The second-order valence-corrected chi connectivity index (χ2v) is 40.8. The lowest BCUT2D eigenvalue weighted by Crippen LogP contribution is -1.82. The third-order valence-electron chi connectivity index (χ3n) is 27.1. The second-order valence-electron chi connectivity index (χ2n) is 40.8. The summed E-state index contributed by atoms with van der Waals surface area (Å²) < 4.78 is 0. The Morgan fingerprint density at radius 2 is 0.447 bits per heavy atom. The highest BCUT2D eigenvalue weighted by molar-refractivity contribution is 6.00. The molecular formula is C147H163N3. The molecule has 18 aromatic carbocycles. The molecule has 23 rings (SSSR count). The number of benzene rings is 18. The predicted molar refractivity (Wildman–Crippen MR) is 665 cm³/mol.